The maximum atomic E-state index is 13.2. The van der Waals surface area contributed by atoms with Crippen molar-refractivity contribution in [2.45, 2.75) is 57.5 Å². The van der Waals surface area contributed by atoms with Crippen LogP contribution in [0.2, 0.25) is 0 Å². The van der Waals surface area contributed by atoms with Crippen molar-refractivity contribution < 1.29 is 32.2 Å². The predicted octanol–water partition coefficient (Wildman–Crippen LogP) is 6.04. The number of hydrogen-bond donors (Lipinski definition) is 1. The number of aromatic hydroxyl groups is 1. The molecule has 5 rings (SSSR count). The van der Waals surface area contributed by atoms with Crippen LogP contribution in [0, 0.1) is 6.92 Å². The van der Waals surface area contributed by atoms with Gasteiger partial charge >= 0.3 is 5.97 Å². The number of oxazole rings is 1. The number of aromatic nitrogens is 1. The van der Waals surface area contributed by atoms with Crippen molar-refractivity contribution >= 4 is 16.0 Å². The molecule has 3 aromatic carbocycles. The Morgan fingerprint density at radius 3 is 2.52 bits per heavy atom. The number of carbonyl (C=O) groups excluding carboxylic acids is 1. The third-order valence-corrected chi connectivity index (χ3v) is 9.60. The maximum Gasteiger partial charge on any atom is 0.360 e. The Kier molecular flexibility index (Phi) is 9.12. The first-order valence-corrected chi connectivity index (χ1v) is 16.5. The van der Waals surface area contributed by atoms with Crippen LogP contribution >= 0.6 is 0 Å². The van der Waals surface area contributed by atoms with E-state index in [4.69, 9.17) is 13.9 Å². The SMILES string of the molecule is CCOC(=O)c1nc([C@@]2(Cc3cccc(-c4ccccc4O)c3)CC[C@H](N(Cc3ccc(OC)cc3)S(C)(=O)=O)C2)oc1C. The van der Waals surface area contributed by atoms with Crippen LogP contribution in [0.3, 0.4) is 0 Å². The molecule has 0 radical (unpaired) electrons. The second-order valence-corrected chi connectivity index (χ2v) is 13.3. The van der Waals surface area contributed by atoms with Gasteiger partial charge in [-0.25, -0.2) is 18.2 Å². The van der Waals surface area contributed by atoms with Crippen molar-refractivity contribution in [3.8, 4) is 22.6 Å². The number of carbonyl (C=O) groups is 1. The summed E-state index contributed by atoms with van der Waals surface area (Å²) >= 11 is 0. The van der Waals surface area contributed by atoms with E-state index in [0.29, 0.717) is 48.6 Å². The van der Waals surface area contributed by atoms with E-state index < -0.39 is 21.4 Å². The zero-order chi connectivity index (χ0) is 31.5. The summed E-state index contributed by atoms with van der Waals surface area (Å²) in [6.45, 7) is 3.85. The lowest BCUT2D eigenvalue weighted by atomic mass is 9.79. The summed E-state index contributed by atoms with van der Waals surface area (Å²) in [6.07, 6.45) is 3.35. The highest BCUT2D eigenvalue weighted by Crippen LogP contribution is 2.47. The number of rotatable bonds is 11. The number of aryl methyl sites for hydroxylation is 1. The molecule has 9 nitrogen and oxygen atoms in total. The molecular weight excluding hydrogens is 580 g/mol. The van der Waals surface area contributed by atoms with E-state index in [1.54, 1.807) is 37.4 Å². The zero-order valence-corrected chi connectivity index (χ0v) is 26.3. The van der Waals surface area contributed by atoms with Gasteiger partial charge in [0.25, 0.3) is 0 Å². The van der Waals surface area contributed by atoms with Crippen LogP contribution in [-0.4, -0.2) is 54.8 Å². The number of esters is 1. The van der Waals surface area contributed by atoms with Crippen molar-refractivity contribution in [1.82, 2.24) is 9.29 Å². The summed E-state index contributed by atoms with van der Waals surface area (Å²) in [7, 11) is -2.00. The van der Waals surface area contributed by atoms with Crippen LogP contribution in [0.15, 0.2) is 77.2 Å². The number of ether oxygens (including phenoxy) is 2. The highest BCUT2D eigenvalue weighted by molar-refractivity contribution is 7.88. The molecule has 1 fully saturated rings. The standard InChI is InChI=1S/C34H38N2O7S/c1-5-42-32(38)31-23(2)43-33(35-31)34(20-25-9-8-10-26(19-25)29-11-6-7-12-30(29)37)18-17-27(21-34)36(44(4,39)40)22-24-13-15-28(41-3)16-14-24/h6-16,19,27,37H,5,17-18,20-22H2,1-4H3/t27-,34+/m0/s1. The Morgan fingerprint density at radius 1 is 1.09 bits per heavy atom. The molecule has 1 N–H and O–H groups in total. The smallest absolute Gasteiger partial charge is 0.360 e. The quantitative estimate of drug-likeness (QED) is 0.202. The lowest BCUT2D eigenvalue weighted by Gasteiger charge is -2.30. The molecule has 1 saturated carbocycles. The molecule has 44 heavy (non-hydrogen) atoms. The van der Waals surface area contributed by atoms with Gasteiger partial charge in [0, 0.05) is 18.2 Å². The van der Waals surface area contributed by atoms with Gasteiger partial charge in [0.1, 0.15) is 17.3 Å². The second-order valence-electron chi connectivity index (χ2n) is 11.4. The average molecular weight is 619 g/mol. The first-order valence-electron chi connectivity index (χ1n) is 14.6. The summed E-state index contributed by atoms with van der Waals surface area (Å²) in [6, 6.07) is 22.1. The Morgan fingerprint density at radius 2 is 1.84 bits per heavy atom. The fourth-order valence-electron chi connectivity index (χ4n) is 6.17. The lowest BCUT2D eigenvalue weighted by molar-refractivity contribution is 0.0518. The van der Waals surface area contributed by atoms with Crippen LogP contribution in [0.1, 0.15) is 59.5 Å². The van der Waals surface area contributed by atoms with E-state index >= 15 is 0 Å². The Balaban J connectivity index is 1.52. The molecule has 0 aliphatic heterocycles. The number of hydrogen-bond acceptors (Lipinski definition) is 8. The highest BCUT2D eigenvalue weighted by atomic mass is 32.2. The molecule has 2 atom stereocenters. The second kappa shape index (κ2) is 12.8. The van der Waals surface area contributed by atoms with Crippen LogP contribution in [0.25, 0.3) is 11.1 Å². The highest BCUT2D eigenvalue weighted by Gasteiger charge is 2.48. The van der Waals surface area contributed by atoms with Gasteiger partial charge in [-0.15, -0.1) is 0 Å². The molecule has 0 unspecified atom stereocenters. The first kappa shape index (κ1) is 31.3. The number of nitrogens with zero attached hydrogens (tertiary/aromatic N) is 2. The van der Waals surface area contributed by atoms with Crippen LogP contribution in [0.4, 0.5) is 0 Å². The number of para-hydroxylation sites is 1. The molecule has 10 heteroatoms. The van der Waals surface area contributed by atoms with Gasteiger partial charge in [0.2, 0.25) is 15.9 Å². The van der Waals surface area contributed by atoms with E-state index in [-0.39, 0.29) is 30.6 Å². The molecule has 232 valence electrons. The van der Waals surface area contributed by atoms with Gasteiger partial charge in [-0.3, -0.25) is 0 Å². The van der Waals surface area contributed by atoms with Crippen molar-refractivity contribution in [2.24, 2.45) is 0 Å². The summed E-state index contributed by atoms with van der Waals surface area (Å²) < 4.78 is 44.6. The third-order valence-electron chi connectivity index (χ3n) is 8.32. The fourth-order valence-corrected chi connectivity index (χ4v) is 7.28. The molecule has 0 amide bonds. The summed E-state index contributed by atoms with van der Waals surface area (Å²) in [5.41, 5.74) is 2.83. The number of phenolic OH excluding ortho intramolecular Hbond substituents is 1. The van der Waals surface area contributed by atoms with Crippen LogP contribution < -0.4 is 4.74 Å². The number of benzene rings is 3. The topological polar surface area (TPSA) is 119 Å². The van der Waals surface area contributed by atoms with Crippen molar-refractivity contribution in [3.05, 3.63) is 101 Å². The number of sulfonamides is 1. The summed E-state index contributed by atoms with van der Waals surface area (Å²) in [4.78, 5) is 17.3. The average Bonchev–Trinajstić information content (AvgIpc) is 3.60. The molecule has 0 saturated heterocycles. The van der Waals surface area contributed by atoms with Crippen molar-refractivity contribution in [2.75, 3.05) is 20.0 Å². The predicted molar refractivity (Wildman–Crippen MR) is 167 cm³/mol. The number of phenols is 1. The van der Waals surface area contributed by atoms with Gasteiger partial charge in [0.05, 0.1) is 25.4 Å². The molecule has 0 bridgehead atoms. The van der Waals surface area contributed by atoms with Gasteiger partial charge in [-0.1, -0.05) is 54.6 Å². The van der Waals surface area contributed by atoms with E-state index in [0.717, 1.165) is 16.7 Å². The minimum absolute atomic E-state index is 0.130. The monoisotopic (exact) mass is 618 g/mol. The molecule has 1 aliphatic carbocycles. The Bertz CT molecular complexity index is 1730. The van der Waals surface area contributed by atoms with Crippen LogP contribution in [-0.2, 0) is 33.1 Å². The maximum absolute atomic E-state index is 13.2. The normalized spacial score (nSPS) is 18.4. The fraction of sp³-hybridized carbons (Fsp3) is 0.353. The summed E-state index contributed by atoms with van der Waals surface area (Å²) in [5.74, 6) is 1.09. The molecule has 4 aromatic rings. The minimum atomic E-state index is -3.59. The van der Waals surface area contributed by atoms with E-state index in [1.165, 1.54) is 6.26 Å². The Hall–Kier alpha value is -4.15. The van der Waals surface area contributed by atoms with Gasteiger partial charge in [-0.2, -0.15) is 4.31 Å². The summed E-state index contributed by atoms with van der Waals surface area (Å²) in [5, 5.41) is 10.5. The molecular formula is C34H38N2O7S. The molecule has 0 spiro atoms. The van der Waals surface area contributed by atoms with Gasteiger partial charge in [0.15, 0.2) is 5.69 Å². The van der Waals surface area contributed by atoms with E-state index in [2.05, 4.69) is 4.98 Å². The minimum Gasteiger partial charge on any atom is -0.507 e. The van der Waals surface area contributed by atoms with Gasteiger partial charge in [-0.05, 0) is 74.4 Å². The van der Waals surface area contributed by atoms with Crippen molar-refractivity contribution in [3.63, 3.8) is 0 Å². The number of methoxy groups -OCH3 is 1. The van der Waals surface area contributed by atoms with E-state index in [9.17, 15) is 18.3 Å². The largest absolute Gasteiger partial charge is 0.507 e. The lowest BCUT2D eigenvalue weighted by Crippen LogP contribution is -2.39. The van der Waals surface area contributed by atoms with Crippen LogP contribution in [0.5, 0.6) is 11.5 Å². The van der Waals surface area contributed by atoms with E-state index in [1.807, 2.05) is 60.7 Å². The Labute approximate surface area is 258 Å². The molecule has 1 heterocycles. The first-order chi connectivity index (χ1) is 21.0. The molecule has 1 aliphatic rings. The zero-order valence-electron chi connectivity index (χ0n) is 25.4. The third kappa shape index (κ3) is 6.66. The van der Waals surface area contributed by atoms with Crippen molar-refractivity contribution in [1.29, 1.82) is 0 Å². The molecule has 1 aromatic heterocycles. The van der Waals surface area contributed by atoms with Gasteiger partial charge < -0.3 is 19.0 Å².